The van der Waals surface area contributed by atoms with Crippen LogP contribution in [0.5, 0.6) is 11.5 Å². The van der Waals surface area contributed by atoms with Crippen molar-refractivity contribution in [3.63, 3.8) is 0 Å². The minimum Gasteiger partial charge on any atom is -0.507 e. The fourth-order valence-corrected chi connectivity index (χ4v) is 3.05. The molecule has 0 saturated heterocycles. The summed E-state index contributed by atoms with van der Waals surface area (Å²) in [5.74, 6) is 1.19. The van der Waals surface area contributed by atoms with Crippen LogP contribution >= 0.6 is 0 Å². The molecule has 0 atom stereocenters. The molecule has 104 valence electrons. The monoisotopic (exact) mass is 277 g/mol. The summed E-state index contributed by atoms with van der Waals surface area (Å²) < 4.78 is 5.29. The van der Waals surface area contributed by atoms with E-state index in [2.05, 4.69) is 23.5 Å². The Balaban J connectivity index is 1.99. The molecule has 1 aliphatic rings. The van der Waals surface area contributed by atoms with Crippen molar-refractivity contribution in [1.29, 1.82) is 0 Å². The summed E-state index contributed by atoms with van der Waals surface area (Å²) in [5.41, 5.74) is 4.69. The van der Waals surface area contributed by atoms with Crippen LogP contribution in [0.25, 0.3) is 21.9 Å². The summed E-state index contributed by atoms with van der Waals surface area (Å²) in [6.45, 7) is 0.758. The van der Waals surface area contributed by atoms with Crippen LogP contribution < -0.4 is 10.1 Å². The van der Waals surface area contributed by atoms with Gasteiger partial charge in [-0.2, -0.15) is 0 Å². The number of anilines is 1. The van der Waals surface area contributed by atoms with E-state index in [1.165, 1.54) is 11.1 Å². The minimum atomic E-state index is 0.317. The zero-order chi connectivity index (χ0) is 14.4. The number of nitrogens with one attached hydrogen (secondary N) is 1. The summed E-state index contributed by atoms with van der Waals surface area (Å²) in [6, 6.07) is 15.8. The number of aromatic hydroxyl groups is 1. The third-order valence-corrected chi connectivity index (χ3v) is 4.10. The van der Waals surface area contributed by atoms with Crippen molar-refractivity contribution in [2.75, 3.05) is 12.4 Å². The van der Waals surface area contributed by atoms with E-state index in [0.717, 1.165) is 34.3 Å². The number of phenols is 1. The van der Waals surface area contributed by atoms with Crippen molar-refractivity contribution in [1.82, 2.24) is 0 Å². The third-order valence-electron chi connectivity index (χ3n) is 4.10. The quantitative estimate of drug-likeness (QED) is 0.702. The van der Waals surface area contributed by atoms with Gasteiger partial charge in [0.15, 0.2) is 0 Å². The Labute approximate surface area is 122 Å². The Morgan fingerprint density at radius 2 is 1.86 bits per heavy atom. The number of hydrogen-bond donors (Lipinski definition) is 2. The first-order valence-corrected chi connectivity index (χ1v) is 6.94. The van der Waals surface area contributed by atoms with Gasteiger partial charge in [-0.25, -0.2) is 0 Å². The second-order valence-corrected chi connectivity index (χ2v) is 5.24. The molecule has 0 aromatic heterocycles. The molecule has 4 rings (SSSR count). The van der Waals surface area contributed by atoms with Crippen LogP contribution in [-0.2, 0) is 6.54 Å². The maximum atomic E-state index is 9.99. The van der Waals surface area contributed by atoms with Gasteiger partial charge in [0.1, 0.15) is 11.5 Å². The van der Waals surface area contributed by atoms with Gasteiger partial charge in [0.25, 0.3) is 0 Å². The van der Waals surface area contributed by atoms with Crippen molar-refractivity contribution < 1.29 is 9.84 Å². The van der Waals surface area contributed by atoms with Crippen molar-refractivity contribution in [3.8, 4) is 22.6 Å². The number of hydrogen-bond acceptors (Lipinski definition) is 3. The number of fused-ring (bicyclic) bond motifs is 5. The van der Waals surface area contributed by atoms with E-state index >= 15 is 0 Å². The molecule has 21 heavy (non-hydrogen) atoms. The van der Waals surface area contributed by atoms with Gasteiger partial charge in [-0.05, 0) is 35.4 Å². The van der Waals surface area contributed by atoms with Crippen LogP contribution in [0.4, 0.5) is 5.69 Å². The summed E-state index contributed by atoms with van der Waals surface area (Å²) in [4.78, 5) is 0. The molecule has 0 saturated carbocycles. The van der Waals surface area contributed by atoms with E-state index in [1.807, 2.05) is 24.3 Å². The molecular formula is C18H15NO2. The molecule has 3 aromatic rings. The highest BCUT2D eigenvalue weighted by Gasteiger charge is 2.18. The Bertz CT molecular complexity index is 855. The fourth-order valence-electron chi connectivity index (χ4n) is 3.05. The minimum absolute atomic E-state index is 0.317. The van der Waals surface area contributed by atoms with E-state index in [0.29, 0.717) is 5.75 Å². The van der Waals surface area contributed by atoms with Crippen LogP contribution in [0, 0.1) is 0 Å². The zero-order valence-corrected chi connectivity index (χ0v) is 11.7. The maximum Gasteiger partial charge on any atom is 0.123 e. The average Bonchev–Trinajstić information content (AvgIpc) is 2.54. The summed E-state index contributed by atoms with van der Waals surface area (Å²) in [6.07, 6.45) is 0. The highest BCUT2D eigenvalue weighted by atomic mass is 16.5. The van der Waals surface area contributed by atoms with Crippen LogP contribution in [0.15, 0.2) is 48.5 Å². The van der Waals surface area contributed by atoms with Gasteiger partial charge in [-0.15, -0.1) is 0 Å². The smallest absolute Gasteiger partial charge is 0.123 e. The maximum absolute atomic E-state index is 9.99. The van der Waals surface area contributed by atoms with Gasteiger partial charge >= 0.3 is 0 Å². The number of methoxy groups -OCH3 is 1. The SMILES string of the molecule is COc1ccc2c(c1)CNc1c-2ccc2c(O)cccc12. The second kappa shape index (κ2) is 4.42. The fraction of sp³-hybridized carbons (Fsp3) is 0.111. The first kappa shape index (κ1) is 12.1. The molecule has 3 nitrogen and oxygen atoms in total. The van der Waals surface area contributed by atoms with Crippen molar-refractivity contribution in [2.24, 2.45) is 0 Å². The predicted molar refractivity (Wildman–Crippen MR) is 84.9 cm³/mol. The van der Waals surface area contributed by atoms with Crippen molar-refractivity contribution in [2.45, 2.75) is 6.54 Å². The normalized spacial score (nSPS) is 12.4. The number of benzene rings is 3. The molecule has 1 heterocycles. The standard InChI is InChI=1S/C18H15NO2/c1-21-12-5-6-13-11(9-12)10-19-18-15-3-2-4-17(20)14(15)7-8-16(13)18/h2-9,19-20H,10H2,1H3. The summed E-state index contributed by atoms with van der Waals surface area (Å²) >= 11 is 0. The Kier molecular flexibility index (Phi) is 2.54. The van der Waals surface area contributed by atoms with Gasteiger partial charge in [-0.3, -0.25) is 0 Å². The second-order valence-electron chi connectivity index (χ2n) is 5.24. The predicted octanol–water partition coefficient (Wildman–Crippen LogP) is 4.15. The highest BCUT2D eigenvalue weighted by molar-refractivity contribution is 6.05. The molecule has 1 aliphatic heterocycles. The van der Waals surface area contributed by atoms with E-state index in [4.69, 9.17) is 4.74 Å². The molecule has 0 unspecified atom stereocenters. The summed E-state index contributed by atoms with van der Waals surface area (Å²) in [5, 5.41) is 15.4. The average molecular weight is 277 g/mol. The van der Waals surface area contributed by atoms with Crippen LogP contribution in [0.3, 0.4) is 0 Å². The molecule has 0 aliphatic carbocycles. The molecule has 0 amide bonds. The van der Waals surface area contributed by atoms with Gasteiger partial charge in [0, 0.05) is 22.9 Å². The Morgan fingerprint density at radius 3 is 2.71 bits per heavy atom. The number of rotatable bonds is 1. The van der Waals surface area contributed by atoms with Gasteiger partial charge in [0.05, 0.1) is 12.8 Å². The van der Waals surface area contributed by atoms with Crippen LogP contribution in [0.2, 0.25) is 0 Å². The molecule has 0 bridgehead atoms. The molecule has 3 heteroatoms. The van der Waals surface area contributed by atoms with Crippen molar-refractivity contribution >= 4 is 16.5 Å². The lowest BCUT2D eigenvalue weighted by atomic mass is 9.91. The van der Waals surface area contributed by atoms with Gasteiger partial charge in [0.2, 0.25) is 0 Å². The topological polar surface area (TPSA) is 41.5 Å². The lowest BCUT2D eigenvalue weighted by Crippen LogP contribution is -2.09. The Hall–Kier alpha value is -2.68. The number of ether oxygens (including phenoxy) is 1. The third kappa shape index (κ3) is 1.74. The lowest BCUT2D eigenvalue weighted by molar-refractivity contribution is 0.414. The first-order valence-electron chi connectivity index (χ1n) is 6.94. The lowest BCUT2D eigenvalue weighted by Gasteiger charge is -2.24. The van der Waals surface area contributed by atoms with E-state index in [-0.39, 0.29) is 0 Å². The van der Waals surface area contributed by atoms with Gasteiger partial charge in [-0.1, -0.05) is 24.3 Å². The van der Waals surface area contributed by atoms with Crippen LogP contribution in [0.1, 0.15) is 5.56 Å². The largest absolute Gasteiger partial charge is 0.507 e. The zero-order valence-electron chi connectivity index (χ0n) is 11.7. The molecule has 0 radical (unpaired) electrons. The number of phenolic OH excluding ortho intramolecular Hbond substituents is 1. The molecule has 0 fully saturated rings. The molecule has 2 N–H and O–H groups in total. The summed E-state index contributed by atoms with van der Waals surface area (Å²) in [7, 11) is 1.68. The first-order chi connectivity index (χ1) is 10.3. The molecule has 3 aromatic carbocycles. The van der Waals surface area contributed by atoms with Crippen LogP contribution in [-0.4, -0.2) is 12.2 Å². The van der Waals surface area contributed by atoms with E-state index in [1.54, 1.807) is 13.2 Å². The molecular weight excluding hydrogens is 262 g/mol. The van der Waals surface area contributed by atoms with E-state index < -0.39 is 0 Å². The van der Waals surface area contributed by atoms with Gasteiger partial charge < -0.3 is 15.2 Å². The highest BCUT2D eigenvalue weighted by Crippen LogP contribution is 2.42. The van der Waals surface area contributed by atoms with Crippen molar-refractivity contribution in [3.05, 3.63) is 54.1 Å². The molecule has 0 spiro atoms. The Morgan fingerprint density at radius 1 is 1.00 bits per heavy atom. The van der Waals surface area contributed by atoms with E-state index in [9.17, 15) is 5.11 Å².